The molecule has 0 aromatic heterocycles. The largest absolute Gasteiger partial charge is 0.550 e. The molecule has 0 fully saturated rings. The first-order valence-corrected chi connectivity index (χ1v) is 11.2. The van der Waals surface area contributed by atoms with Gasteiger partial charge in [-0.1, -0.05) is 73.6 Å². The minimum Gasteiger partial charge on any atom is -0.427 e. The van der Waals surface area contributed by atoms with Crippen molar-refractivity contribution < 1.29 is 28.8 Å². The molecule has 0 N–H and O–H groups in total. The number of unbranched alkanes of at least 4 members (excludes halogenated alkanes) is 4. The molecule has 0 bridgehead atoms. The van der Waals surface area contributed by atoms with E-state index in [1.165, 1.54) is 0 Å². The Kier molecular flexibility index (Phi) is 14.0. The number of ether oxygens (including phenoxy) is 2. The van der Waals surface area contributed by atoms with Crippen molar-refractivity contribution in [2.24, 2.45) is 0 Å². The quantitative estimate of drug-likeness (QED) is 0.0929. The van der Waals surface area contributed by atoms with Gasteiger partial charge in [0.15, 0.2) is 0 Å². The monoisotopic (exact) mass is 402 g/mol. The molecule has 0 aliphatic heterocycles. The van der Waals surface area contributed by atoms with Gasteiger partial charge in [0.2, 0.25) is 0 Å². The van der Waals surface area contributed by atoms with Crippen LogP contribution in [-0.2, 0) is 19.2 Å². The van der Waals surface area contributed by atoms with Crippen LogP contribution in [0.5, 0.6) is 0 Å². The van der Waals surface area contributed by atoms with Gasteiger partial charge in [0.1, 0.15) is 11.2 Å². The molecule has 0 unspecified atom stereocenters. The maximum atomic E-state index is 12.1. The Hall–Kier alpha value is -1.30. The van der Waals surface area contributed by atoms with Crippen LogP contribution < -0.4 is 0 Å². The summed E-state index contributed by atoms with van der Waals surface area (Å²) in [4.78, 5) is 34.2. The zero-order chi connectivity index (χ0) is 21.5. The summed E-state index contributed by atoms with van der Waals surface area (Å²) >= 11 is 0. The van der Waals surface area contributed by atoms with Gasteiger partial charge in [-0.05, 0) is 44.9 Å². The first-order valence-electron chi connectivity index (χ1n) is 11.2. The van der Waals surface area contributed by atoms with Gasteiger partial charge >= 0.3 is 12.3 Å². The summed E-state index contributed by atoms with van der Waals surface area (Å²) < 4.78 is 10.2. The fourth-order valence-corrected chi connectivity index (χ4v) is 3.36. The average molecular weight is 403 g/mol. The van der Waals surface area contributed by atoms with E-state index in [4.69, 9.17) is 14.5 Å². The minimum atomic E-state index is -1.18. The Bertz CT molecular complexity index is 427. The summed E-state index contributed by atoms with van der Waals surface area (Å²) in [5.74, 6) is 0. The van der Waals surface area contributed by atoms with Crippen molar-refractivity contribution in [1.82, 2.24) is 0 Å². The Balaban J connectivity index is 4.63. The molecule has 0 aliphatic rings. The summed E-state index contributed by atoms with van der Waals surface area (Å²) in [6.45, 7) is 12.2. The van der Waals surface area contributed by atoms with Crippen LogP contribution >= 0.6 is 0 Å². The highest BCUT2D eigenvalue weighted by Crippen LogP contribution is 2.29. The van der Waals surface area contributed by atoms with Crippen molar-refractivity contribution in [2.45, 2.75) is 130 Å². The van der Waals surface area contributed by atoms with Crippen molar-refractivity contribution in [3.63, 3.8) is 0 Å². The first kappa shape index (κ1) is 26.7. The Morgan fingerprint density at radius 3 is 1.54 bits per heavy atom. The van der Waals surface area contributed by atoms with Gasteiger partial charge in [0, 0.05) is 0 Å². The molecule has 0 aliphatic carbocycles. The lowest BCUT2D eigenvalue weighted by molar-refractivity contribution is -0.329. The number of rotatable bonds is 15. The lowest BCUT2D eigenvalue weighted by atomic mass is 9.90. The molecule has 0 saturated carbocycles. The fraction of sp³-hybridized carbons (Fsp3) is 0.909. The van der Waals surface area contributed by atoms with Crippen molar-refractivity contribution in [3.8, 4) is 0 Å². The standard InChI is InChI=1S/C22H42O6/c1-7-13-15-17-21(9-3,10-4)26-19(23)25-20(24)27-28-22(11-5,12-6)18-16-14-8-2/h7-18H2,1-6H3. The molecule has 6 heteroatoms. The topological polar surface area (TPSA) is 71.1 Å². The van der Waals surface area contributed by atoms with Crippen LogP contribution in [0.25, 0.3) is 0 Å². The van der Waals surface area contributed by atoms with E-state index in [0.29, 0.717) is 25.7 Å². The van der Waals surface area contributed by atoms with Gasteiger partial charge in [-0.25, -0.2) is 9.59 Å². The summed E-state index contributed by atoms with van der Waals surface area (Å²) in [6.07, 6.45) is 8.39. The van der Waals surface area contributed by atoms with Crippen molar-refractivity contribution in [2.75, 3.05) is 0 Å². The van der Waals surface area contributed by atoms with Gasteiger partial charge in [0.05, 0.1) is 0 Å². The second-order valence-corrected chi connectivity index (χ2v) is 7.57. The molecule has 166 valence electrons. The van der Waals surface area contributed by atoms with E-state index in [-0.39, 0.29) is 0 Å². The highest BCUT2D eigenvalue weighted by atomic mass is 17.2. The number of hydrogen-bond donors (Lipinski definition) is 0. The summed E-state index contributed by atoms with van der Waals surface area (Å²) in [5.41, 5.74) is -1.15. The van der Waals surface area contributed by atoms with E-state index in [0.717, 1.165) is 51.4 Å². The maximum Gasteiger partial charge on any atom is 0.550 e. The van der Waals surface area contributed by atoms with E-state index in [1.54, 1.807) is 0 Å². The molecule has 0 rings (SSSR count). The Morgan fingerprint density at radius 1 is 0.643 bits per heavy atom. The van der Waals surface area contributed by atoms with Crippen LogP contribution in [0.15, 0.2) is 0 Å². The third-order valence-corrected chi connectivity index (χ3v) is 5.80. The molecule has 0 aromatic carbocycles. The van der Waals surface area contributed by atoms with E-state index in [1.807, 2.05) is 27.7 Å². The Labute approximate surface area is 171 Å². The van der Waals surface area contributed by atoms with Crippen LogP contribution in [0.2, 0.25) is 0 Å². The van der Waals surface area contributed by atoms with Crippen LogP contribution in [0.4, 0.5) is 9.59 Å². The smallest absolute Gasteiger partial charge is 0.427 e. The van der Waals surface area contributed by atoms with Gasteiger partial charge in [-0.2, -0.15) is 4.89 Å². The molecule has 0 saturated heterocycles. The predicted octanol–water partition coefficient (Wildman–Crippen LogP) is 7.49. The summed E-state index contributed by atoms with van der Waals surface area (Å²) in [6, 6.07) is 0. The molecular formula is C22H42O6. The highest BCUT2D eigenvalue weighted by molar-refractivity contribution is 5.76. The van der Waals surface area contributed by atoms with Gasteiger partial charge in [-0.3, -0.25) is 4.89 Å². The summed E-state index contributed by atoms with van der Waals surface area (Å²) in [5, 5.41) is 0. The predicted molar refractivity (Wildman–Crippen MR) is 110 cm³/mol. The minimum absolute atomic E-state index is 0.547. The number of carbonyl (C=O) groups excluding carboxylic acids is 2. The van der Waals surface area contributed by atoms with E-state index in [2.05, 4.69) is 18.6 Å². The molecule has 6 nitrogen and oxygen atoms in total. The maximum absolute atomic E-state index is 12.1. The van der Waals surface area contributed by atoms with Gasteiger partial charge < -0.3 is 9.47 Å². The van der Waals surface area contributed by atoms with Gasteiger partial charge in [-0.15, -0.1) is 0 Å². The molecule has 0 heterocycles. The van der Waals surface area contributed by atoms with E-state index in [9.17, 15) is 9.59 Å². The average Bonchev–Trinajstić information content (AvgIpc) is 2.70. The third-order valence-electron chi connectivity index (χ3n) is 5.80. The normalized spacial score (nSPS) is 11.9. The van der Waals surface area contributed by atoms with E-state index < -0.39 is 23.5 Å². The second-order valence-electron chi connectivity index (χ2n) is 7.57. The van der Waals surface area contributed by atoms with Gasteiger partial charge in [0.25, 0.3) is 0 Å². The molecule has 28 heavy (non-hydrogen) atoms. The lowest BCUT2D eigenvalue weighted by Crippen LogP contribution is -2.36. The summed E-state index contributed by atoms with van der Waals surface area (Å²) in [7, 11) is 0. The molecule has 0 radical (unpaired) electrons. The van der Waals surface area contributed by atoms with Crippen molar-refractivity contribution in [1.29, 1.82) is 0 Å². The Morgan fingerprint density at radius 2 is 1.11 bits per heavy atom. The third kappa shape index (κ3) is 9.76. The zero-order valence-corrected chi connectivity index (χ0v) is 18.9. The molecule has 0 atom stereocenters. The fourth-order valence-electron chi connectivity index (χ4n) is 3.36. The van der Waals surface area contributed by atoms with Crippen molar-refractivity contribution >= 4 is 12.3 Å². The number of carbonyl (C=O) groups is 2. The zero-order valence-electron chi connectivity index (χ0n) is 18.9. The van der Waals surface area contributed by atoms with E-state index >= 15 is 0 Å². The molecule has 0 amide bonds. The highest BCUT2D eigenvalue weighted by Gasteiger charge is 2.34. The molecule has 0 spiro atoms. The number of hydrogen-bond acceptors (Lipinski definition) is 6. The van der Waals surface area contributed by atoms with Crippen LogP contribution in [0, 0.1) is 0 Å². The second kappa shape index (κ2) is 14.7. The molecular weight excluding hydrogens is 360 g/mol. The van der Waals surface area contributed by atoms with Crippen LogP contribution in [0.3, 0.4) is 0 Å². The van der Waals surface area contributed by atoms with Crippen LogP contribution in [-0.4, -0.2) is 23.5 Å². The SMILES string of the molecule is CCCCCC(CC)(CC)OOC(=O)OC(=O)OC(CC)(CC)CCCCC. The molecule has 0 aromatic rings. The lowest BCUT2D eigenvalue weighted by Gasteiger charge is -2.31. The van der Waals surface area contributed by atoms with Crippen molar-refractivity contribution in [3.05, 3.63) is 0 Å². The first-order chi connectivity index (χ1) is 13.4. The van der Waals surface area contributed by atoms with Crippen LogP contribution in [0.1, 0.15) is 119 Å².